The molecule has 0 unspecified atom stereocenters. The lowest BCUT2D eigenvalue weighted by Crippen LogP contribution is -2.34. The first kappa shape index (κ1) is 16.3. The minimum absolute atomic E-state index is 0.0456. The van der Waals surface area contributed by atoms with Crippen molar-refractivity contribution in [2.24, 2.45) is 0 Å². The van der Waals surface area contributed by atoms with Gasteiger partial charge in [0.25, 0.3) is 5.91 Å². The predicted molar refractivity (Wildman–Crippen MR) is 99.4 cm³/mol. The van der Waals surface area contributed by atoms with Gasteiger partial charge in [-0.25, -0.2) is 0 Å². The van der Waals surface area contributed by atoms with E-state index in [1.54, 1.807) is 6.92 Å². The van der Waals surface area contributed by atoms with E-state index in [9.17, 15) is 4.79 Å². The van der Waals surface area contributed by atoms with Gasteiger partial charge in [-0.15, -0.1) is 0 Å². The number of aromatic nitrogens is 2. The molecule has 1 aliphatic rings. The van der Waals surface area contributed by atoms with Crippen molar-refractivity contribution < 1.29 is 9.32 Å². The monoisotopic (exact) mass is 345 g/mol. The molecule has 2 aromatic carbocycles. The molecule has 0 saturated heterocycles. The van der Waals surface area contributed by atoms with Crippen LogP contribution in [-0.2, 0) is 0 Å². The molecule has 4 rings (SSSR count). The van der Waals surface area contributed by atoms with Crippen LogP contribution in [0.25, 0.3) is 17.0 Å². The number of hydrogen-bond donors (Lipinski definition) is 0. The van der Waals surface area contributed by atoms with Crippen molar-refractivity contribution in [3.05, 3.63) is 77.7 Å². The molecular formula is C21H19N3O2. The molecule has 130 valence electrons. The van der Waals surface area contributed by atoms with E-state index in [1.165, 1.54) is 11.1 Å². The maximum atomic E-state index is 12.7. The van der Waals surface area contributed by atoms with Crippen molar-refractivity contribution in [1.82, 2.24) is 15.0 Å². The molecule has 0 atom stereocenters. The summed E-state index contributed by atoms with van der Waals surface area (Å²) in [4.78, 5) is 18.8. The lowest BCUT2D eigenvalue weighted by atomic mass is 9.99. The molecule has 0 fully saturated rings. The summed E-state index contributed by atoms with van der Waals surface area (Å²) < 4.78 is 5.00. The highest BCUT2D eigenvalue weighted by Gasteiger charge is 2.19. The maximum absolute atomic E-state index is 12.7. The van der Waals surface area contributed by atoms with Crippen molar-refractivity contribution in [2.75, 3.05) is 13.1 Å². The number of amides is 1. The maximum Gasteiger partial charge on any atom is 0.254 e. The van der Waals surface area contributed by atoms with Crippen molar-refractivity contribution in [3.8, 4) is 11.4 Å². The molecule has 5 heteroatoms. The molecule has 5 nitrogen and oxygen atoms in total. The Morgan fingerprint density at radius 2 is 1.81 bits per heavy atom. The zero-order valence-electron chi connectivity index (χ0n) is 14.6. The van der Waals surface area contributed by atoms with Crippen LogP contribution in [-0.4, -0.2) is 34.0 Å². The number of aryl methyl sites for hydroxylation is 1. The molecule has 26 heavy (non-hydrogen) atoms. The fourth-order valence-electron chi connectivity index (χ4n) is 3.13. The second-order valence-electron chi connectivity index (χ2n) is 6.31. The van der Waals surface area contributed by atoms with Crippen LogP contribution in [0.3, 0.4) is 0 Å². The Bertz CT molecular complexity index is 943. The highest BCUT2D eigenvalue weighted by Crippen LogP contribution is 2.23. The zero-order chi connectivity index (χ0) is 17.9. The van der Waals surface area contributed by atoms with Gasteiger partial charge in [0.15, 0.2) is 0 Å². The lowest BCUT2D eigenvalue weighted by Gasteiger charge is -2.26. The van der Waals surface area contributed by atoms with Crippen LogP contribution in [0.4, 0.5) is 0 Å². The minimum Gasteiger partial charge on any atom is -0.339 e. The van der Waals surface area contributed by atoms with Gasteiger partial charge >= 0.3 is 0 Å². The van der Waals surface area contributed by atoms with Crippen LogP contribution < -0.4 is 0 Å². The van der Waals surface area contributed by atoms with Crippen LogP contribution in [0.2, 0.25) is 0 Å². The van der Waals surface area contributed by atoms with Gasteiger partial charge in [-0.1, -0.05) is 53.7 Å². The topological polar surface area (TPSA) is 59.2 Å². The van der Waals surface area contributed by atoms with Crippen LogP contribution >= 0.6 is 0 Å². The first-order chi connectivity index (χ1) is 12.7. The van der Waals surface area contributed by atoms with Gasteiger partial charge in [0.1, 0.15) is 0 Å². The van der Waals surface area contributed by atoms with E-state index < -0.39 is 0 Å². The summed E-state index contributed by atoms with van der Waals surface area (Å²) in [6.45, 7) is 3.11. The fraction of sp³-hybridized carbons (Fsp3) is 0.190. The summed E-state index contributed by atoms with van der Waals surface area (Å²) >= 11 is 0. The van der Waals surface area contributed by atoms with Crippen molar-refractivity contribution in [1.29, 1.82) is 0 Å². The van der Waals surface area contributed by atoms with E-state index in [0.717, 1.165) is 18.5 Å². The highest BCUT2D eigenvalue weighted by atomic mass is 16.5. The van der Waals surface area contributed by atoms with Gasteiger partial charge in [-0.2, -0.15) is 4.98 Å². The SMILES string of the molecule is Cc1nc(-c2ccc(C(=O)N3CC=C(c4ccccc4)CC3)cc2)no1. The molecular weight excluding hydrogens is 326 g/mol. The zero-order valence-corrected chi connectivity index (χ0v) is 14.6. The minimum atomic E-state index is 0.0456. The lowest BCUT2D eigenvalue weighted by molar-refractivity contribution is 0.0773. The second-order valence-corrected chi connectivity index (χ2v) is 6.31. The normalized spacial score (nSPS) is 14.2. The highest BCUT2D eigenvalue weighted by molar-refractivity contribution is 5.95. The van der Waals surface area contributed by atoms with Crippen LogP contribution in [0, 0.1) is 6.92 Å². The van der Waals surface area contributed by atoms with Crippen molar-refractivity contribution in [2.45, 2.75) is 13.3 Å². The molecule has 3 aromatic rings. The Labute approximate surface area is 152 Å². The van der Waals surface area contributed by atoms with Crippen LogP contribution in [0.15, 0.2) is 65.2 Å². The van der Waals surface area contributed by atoms with Gasteiger partial charge in [0, 0.05) is 31.1 Å². The third kappa shape index (κ3) is 3.28. The third-order valence-corrected chi connectivity index (χ3v) is 4.56. The number of rotatable bonds is 3. The molecule has 0 spiro atoms. The van der Waals surface area contributed by atoms with Gasteiger partial charge in [0.2, 0.25) is 11.7 Å². The summed E-state index contributed by atoms with van der Waals surface area (Å²) in [6.07, 6.45) is 3.02. The Morgan fingerprint density at radius 3 is 2.42 bits per heavy atom. The number of nitrogens with zero attached hydrogens (tertiary/aromatic N) is 3. The average molecular weight is 345 g/mol. The first-order valence-electron chi connectivity index (χ1n) is 8.65. The molecule has 1 aliphatic heterocycles. The molecule has 0 aliphatic carbocycles. The smallest absolute Gasteiger partial charge is 0.254 e. The fourth-order valence-corrected chi connectivity index (χ4v) is 3.13. The summed E-state index contributed by atoms with van der Waals surface area (Å²) in [7, 11) is 0. The molecule has 0 N–H and O–H groups in total. The van der Waals surface area contributed by atoms with E-state index >= 15 is 0 Å². The molecule has 0 radical (unpaired) electrons. The standard InChI is InChI=1S/C21H19N3O2/c1-15-22-20(23-26-15)18-7-9-19(10-8-18)21(25)24-13-11-17(12-14-24)16-5-3-2-4-6-16/h2-11H,12-14H2,1H3. The summed E-state index contributed by atoms with van der Waals surface area (Å²) in [5, 5.41) is 3.90. The summed E-state index contributed by atoms with van der Waals surface area (Å²) in [6, 6.07) is 17.7. The number of hydrogen-bond acceptors (Lipinski definition) is 4. The van der Waals surface area contributed by atoms with E-state index in [4.69, 9.17) is 4.52 Å². The third-order valence-electron chi connectivity index (χ3n) is 4.56. The summed E-state index contributed by atoms with van der Waals surface area (Å²) in [5.74, 6) is 1.11. The van der Waals surface area contributed by atoms with E-state index in [-0.39, 0.29) is 5.91 Å². The quantitative estimate of drug-likeness (QED) is 0.720. The molecule has 1 aromatic heterocycles. The Morgan fingerprint density at radius 1 is 1.04 bits per heavy atom. The van der Waals surface area contributed by atoms with E-state index in [2.05, 4.69) is 28.3 Å². The Hall–Kier alpha value is -3.21. The molecule has 0 bridgehead atoms. The molecule has 2 heterocycles. The van der Waals surface area contributed by atoms with Gasteiger partial charge < -0.3 is 9.42 Å². The van der Waals surface area contributed by atoms with Crippen molar-refractivity contribution in [3.63, 3.8) is 0 Å². The van der Waals surface area contributed by atoms with Crippen LogP contribution in [0.1, 0.15) is 28.2 Å². The van der Waals surface area contributed by atoms with Crippen molar-refractivity contribution >= 4 is 11.5 Å². The molecule has 1 amide bonds. The van der Waals surface area contributed by atoms with Gasteiger partial charge in [-0.05, 0) is 29.7 Å². The van der Waals surface area contributed by atoms with E-state index in [0.29, 0.717) is 23.8 Å². The first-order valence-corrected chi connectivity index (χ1v) is 8.65. The Kier molecular flexibility index (Phi) is 4.35. The number of carbonyl (C=O) groups is 1. The van der Waals surface area contributed by atoms with E-state index in [1.807, 2.05) is 47.4 Å². The number of carbonyl (C=O) groups excluding carboxylic acids is 1. The summed E-state index contributed by atoms with van der Waals surface area (Å²) in [5.41, 5.74) is 4.05. The second kappa shape index (κ2) is 6.96. The Balaban J connectivity index is 1.46. The van der Waals surface area contributed by atoms with Gasteiger partial charge in [0.05, 0.1) is 0 Å². The molecule has 0 saturated carbocycles. The largest absolute Gasteiger partial charge is 0.339 e. The van der Waals surface area contributed by atoms with Crippen LogP contribution in [0.5, 0.6) is 0 Å². The number of benzene rings is 2. The average Bonchev–Trinajstić information content (AvgIpc) is 3.15. The predicted octanol–water partition coefficient (Wildman–Crippen LogP) is 3.97. The van der Waals surface area contributed by atoms with Gasteiger partial charge in [-0.3, -0.25) is 4.79 Å².